The summed E-state index contributed by atoms with van der Waals surface area (Å²) in [6.07, 6.45) is 2.90. The molecular formula is C16H25NO2. The average Bonchev–Trinajstić information content (AvgIpc) is 2.37. The van der Waals surface area contributed by atoms with E-state index in [2.05, 4.69) is 43.4 Å². The lowest BCUT2D eigenvalue weighted by Crippen LogP contribution is -2.41. The Morgan fingerprint density at radius 3 is 2.42 bits per heavy atom. The van der Waals surface area contributed by atoms with Gasteiger partial charge in [0.15, 0.2) is 0 Å². The van der Waals surface area contributed by atoms with Gasteiger partial charge in [0.25, 0.3) is 0 Å². The summed E-state index contributed by atoms with van der Waals surface area (Å²) in [4.78, 5) is 0. The quantitative estimate of drug-likeness (QED) is 0.886. The van der Waals surface area contributed by atoms with E-state index in [1.807, 2.05) is 0 Å². The average molecular weight is 263 g/mol. The molecule has 1 saturated heterocycles. The van der Waals surface area contributed by atoms with Crippen molar-refractivity contribution in [3.63, 3.8) is 0 Å². The van der Waals surface area contributed by atoms with Crippen LogP contribution in [0.4, 0.5) is 0 Å². The minimum Gasteiger partial charge on any atom is -0.380 e. The number of hydrogen-bond acceptors (Lipinski definition) is 3. The minimum absolute atomic E-state index is 0.357. The Hall–Kier alpha value is -0.900. The molecule has 1 heterocycles. The van der Waals surface area contributed by atoms with Crippen LogP contribution in [0, 0.1) is 0 Å². The topological polar surface area (TPSA) is 30.5 Å². The number of benzene rings is 1. The maximum absolute atomic E-state index is 5.77. The van der Waals surface area contributed by atoms with E-state index in [0.717, 1.165) is 19.4 Å². The summed E-state index contributed by atoms with van der Waals surface area (Å²) >= 11 is 0. The zero-order valence-electron chi connectivity index (χ0n) is 12.2. The highest BCUT2D eigenvalue weighted by Gasteiger charge is 2.23. The van der Waals surface area contributed by atoms with Crippen LogP contribution < -0.4 is 5.32 Å². The van der Waals surface area contributed by atoms with E-state index in [1.165, 1.54) is 11.1 Å². The van der Waals surface area contributed by atoms with Gasteiger partial charge in [-0.25, -0.2) is 0 Å². The number of nitrogens with one attached hydrogen (secondary N) is 1. The third-order valence-electron chi connectivity index (χ3n) is 3.70. The van der Waals surface area contributed by atoms with Gasteiger partial charge in [-0.2, -0.15) is 0 Å². The first kappa shape index (κ1) is 14.5. The molecule has 0 aliphatic carbocycles. The Labute approximate surface area is 116 Å². The van der Waals surface area contributed by atoms with Gasteiger partial charge in [-0.15, -0.1) is 0 Å². The Balaban J connectivity index is 1.91. The molecule has 3 nitrogen and oxygen atoms in total. The van der Waals surface area contributed by atoms with Crippen molar-refractivity contribution >= 4 is 0 Å². The molecule has 1 fully saturated rings. The van der Waals surface area contributed by atoms with E-state index in [-0.39, 0.29) is 0 Å². The van der Waals surface area contributed by atoms with Crippen LogP contribution in [0.5, 0.6) is 0 Å². The Morgan fingerprint density at radius 1 is 1.16 bits per heavy atom. The van der Waals surface area contributed by atoms with Crippen molar-refractivity contribution < 1.29 is 9.47 Å². The molecule has 0 spiro atoms. The molecule has 2 atom stereocenters. The summed E-state index contributed by atoms with van der Waals surface area (Å²) in [7, 11) is 1.74. The van der Waals surface area contributed by atoms with Crippen LogP contribution in [0.15, 0.2) is 24.3 Å². The zero-order valence-corrected chi connectivity index (χ0v) is 12.2. The van der Waals surface area contributed by atoms with Gasteiger partial charge in [-0.1, -0.05) is 24.3 Å². The van der Waals surface area contributed by atoms with Gasteiger partial charge in [-0.3, -0.25) is 0 Å². The molecule has 2 unspecified atom stereocenters. The molecule has 1 aromatic carbocycles. The van der Waals surface area contributed by atoms with E-state index >= 15 is 0 Å². The van der Waals surface area contributed by atoms with Gasteiger partial charge in [-0.05, 0) is 37.8 Å². The number of rotatable bonds is 5. The number of hydrogen-bond donors (Lipinski definition) is 1. The fourth-order valence-corrected chi connectivity index (χ4v) is 2.85. The second-order valence-corrected chi connectivity index (χ2v) is 5.51. The molecule has 1 N–H and O–H groups in total. The fourth-order valence-electron chi connectivity index (χ4n) is 2.85. The van der Waals surface area contributed by atoms with Crippen molar-refractivity contribution in [2.45, 2.75) is 58.1 Å². The van der Waals surface area contributed by atoms with E-state index in [4.69, 9.17) is 9.47 Å². The first-order chi connectivity index (χ1) is 9.19. The Kier molecular flexibility index (Phi) is 5.37. The molecular weight excluding hydrogens is 238 g/mol. The normalized spacial score (nSPS) is 27.4. The van der Waals surface area contributed by atoms with Gasteiger partial charge in [0.1, 0.15) is 0 Å². The highest BCUT2D eigenvalue weighted by atomic mass is 16.5. The predicted octanol–water partition coefficient (Wildman–Crippen LogP) is 2.88. The highest BCUT2D eigenvalue weighted by Crippen LogP contribution is 2.20. The fraction of sp³-hybridized carbons (Fsp3) is 0.625. The van der Waals surface area contributed by atoms with Crippen LogP contribution in [-0.4, -0.2) is 25.4 Å². The van der Waals surface area contributed by atoms with Crippen LogP contribution in [0.2, 0.25) is 0 Å². The summed E-state index contributed by atoms with van der Waals surface area (Å²) in [6, 6.07) is 9.01. The highest BCUT2D eigenvalue weighted by molar-refractivity contribution is 5.26. The molecule has 2 rings (SSSR count). The van der Waals surface area contributed by atoms with Gasteiger partial charge in [0.2, 0.25) is 0 Å². The van der Waals surface area contributed by atoms with Gasteiger partial charge in [0, 0.05) is 19.7 Å². The number of ether oxygens (including phenoxy) is 2. The zero-order chi connectivity index (χ0) is 13.7. The van der Waals surface area contributed by atoms with Crippen molar-refractivity contribution in [2.75, 3.05) is 7.11 Å². The molecule has 0 amide bonds. The van der Waals surface area contributed by atoms with E-state index in [1.54, 1.807) is 7.11 Å². The summed E-state index contributed by atoms with van der Waals surface area (Å²) in [5.74, 6) is 0. The standard InChI is InChI=1S/C16H25NO2/c1-12-8-16(9-13(2)19-12)17-10-14-6-4-5-7-15(14)11-18-3/h4-7,12-13,16-17H,8-11H2,1-3H3. The van der Waals surface area contributed by atoms with Crippen molar-refractivity contribution in [2.24, 2.45) is 0 Å². The summed E-state index contributed by atoms with van der Waals surface area (Å²) in [6.45, 7) is 5.90. The SMILES string of the molecule is COCc1ccccc1CNC1CC(C)OC(C)C1. The van der Waals surface area contributed by atoms with Crippen LogP contribution in [-0.2, 0) is 22.6 Å². The molecule has 106 valence electrons. The smallest absolute Gasteiger partial charge is 0.0716 e. The monoisotopic (exact) mass is 263 g/mol. The third-order valence-corrected chi connectivity index (χ3v) is 3.70. The molecule has 1 aliphatic heterocycles. The van der Waals surface area contributed by atoms with Crippen LogP contribution >= 0.6 is 0 Å². The Morgan fingerprint density at radius 2 is 1.79 bits per heavy atom. The molecule has 19 heavy (non-hydrogen) atoms. The van der Waals surface area contributed by atoms with Crippen molar-refractivity contribution in [1.29, 1.82) is 0 Å². The molecule has 0 bridgehead atoms. The van der Waals surface area contributed by atoms with Crippen LogP contribution in [0.1, 0.15) is 37.8 Å². The minimum atomic E-state index is 0.357. The first-order valence-electron chi connectivity index (χ1n) is 7.13. The first-order valence-corrected chi connectivity index (χ1v) is 7.13. The lowest BCUT2D eigenvalue weighted by Gasteiger charge is -2.32. The lowest BCUT2D eigenvalue weighted by molar-refractivity contribution is -0.0423. The van der Waals surface area contributed by atoms with E-state index in [0.29, 0.717) is 24.9 Å². The Bertz CT molecular complexity index is 384. The second kappa shape index (κ2) is 7.04. The van der Waals surface area contributed by atoms with E-state index in [9.17, 15) is 0 Å². The van der Waals surface area contributed by atoms with Crippen molar-refractivity contribution in [3.05, 3.63) is 35.4 Å². The summed E-state index contributed by atoms with van der Waals surface area (Å²) in [5.41, 5.74) is 2.60. The predicted molar refractivity (Wildman–Crippen MR) is 77.0 cm³/mol. The molecule has 0 aromatic heterocycles. The van der Waals surface area contributed by atoms with Crippen LogP contribution in [0.25, 0.3) is 0 Å². The number of methoxy groups -OCH3 is 1. The lowest BCUT2D eigenvalue weighted by atomic mass is 9.99. The second-order valence-electron chi connectivity index (χ2n) is 5.51. The van der Waals surface area contributed by atoms with Crippen molar-refractivity contribution in [1.82, 2.24) is 5.32 Å². The van der Waals surface area contributed by atoms with Gasteiger partial charge in [0.05, 0.1) is 18.8 Å². The molecule has 1 aromatic rings. The largest absolute Gasteiger partial charge is 0.380 e. The summed E-state index contributed by atoms with van der Waals surface area (Å²) < 4.78 is 11.0. The van der Waals surface area contributed by atoms with Crippen molar-refractivity contribution in [3.8, 4) is 0 Å². The molecule has 0 saturated carbocycles. The molecule has 0 radical (unpaired) electrons. The maximum Gasteiger partial charge on any atom is 0.0716 e. The maximum atomic E-state index is 5.77. The molecule has 1 aliphatic rings. The van der Waals surface area contributed by atoms with E-state index < -0.39 is 0 Å². The van der Waals surface area contributed by atoms with Crippen LogP contribution in [0.3, 0.4) is 0 Å². The molecule has 3 heteroatoms. The summed E-state index contributed by atoms with van der Waals surface area (Å²) in [5, 5.41) is 3.66. The van der Waals surface area contributed by atoms with Gasteiger partial charge >= 0.3 is 0 Å². The third kappa shape index (κ3) is 4.30. The van der Waals surface area contributed by atoms with Gasteiger partial charge < -0.3 is 14.8 Å².